The van der Waals surface area contributed by atoms with E-state index in [0.29, 0.717) is 19.7 Å². The Morgan fingerprint density at radius 2 is 1.62 bits per heavy atom. The molecule has 2 rings (SSSR count). The van der Waals surface area contributed by atoms with E-state index < -0.39 is 0 Å². The molecular formula is C20H26N2O2. The van der Waals surface area contributed by atoms with Crippen LogP contribution in [0.2, 0.25) is 0 Å². The highest BCUT2D eigenvalue weighted by molar-refractivity contribution is 5.93. The maximum Gasteiger partial charge on any atom is 0.238 e. The summed E-state index contributed by atoms with van der Waals surface area (Å²) in [5, 5.41) is 3.01. The summed E-state index contributed by atoms with van der Waals surface area (Å²) in [6.07, 6.45) is 0. The molecule has 0 radical (unpaired) electrons. The van der Waals surface area contributed by atoms with Gasteiger partial charge in [0, 0.05) is 12.2 Å². The molecule has 0 heterocycles. The SMILES string of the molecule is Cc1ccccc1OCCN(C)CC(=O)Nc1c(C)cccc1C. The van der Waals surface area contributed by atoms with Crippen LogP contribution >= 0.6 is 0 Å². The van der Waals surface area contributed by atoms with Gasteiger partial charge in [-0.1, -0.05) is 36.4 Å². The zero-order chi connectivity index (χ0) is 17.5. The van der Waals surface area contributed by atoms with Gasteiger partial charge in [0.2, 0.25) is 5.91 Å². The molecule has 128 valence electrons. The Kier molecular flexibility index (Phi) is 6.38. The van der Waals surface area contributed by atoms with Crippen LogP contribution in [0, 0.1) is 20.8 Å². The first-order valence-electron chi connectivity index (χ1n) is 8.20. The first kappa shape index (κ1) is 18.0. The Labute approximate surface area is 144 Å². The fourth-order valence-corrected chi connectivity index (χ4v) is 2.54. The van der Waals surface area contributed by atoms with Crippen LogP contribution in [0.3, 0.4) is 0 Å². The Morgan fingerprint density at radius 1 is 1.00 bits per heavy atom. The van der Waals surface area contributed by atoms with Gasteiger partial charge in [0.15, 0.2) is 0 Å². The maximum absolute atomic E-state index is 12.2. The van der Waals surface area contributed by atoms with Crippen LogP contribution in [0.15, 0.2) is 42.5 Å². The number of carbonyl (C=O) groups excluding carboxylic acids is 1. The third kappa shape index (κ3) is 5.10. The normalized spacial score (nSPS) is 10.7. The van der Waals surface area contributed by atoms with E-state index in [1.807, 2.05) is 75.2 Å². The number of rotatable bonds is 7. The number of para-hydroxylation sites is 2. The molecule has 0 atom stereocenters. The third-order valence-corrected chi connectivity index (χ3v) is 3.98. The Hall–Kier alpha value is -2.33. The average Bonchev–Trinajstić information content (AvgIpc) is 2.53. The monoisotopic (exact) mass is 326 g/mol. The van der Waals surface area contributed by atoms with Crippen molar-refractivity contribution >= 4 is 11.6 Å². The maximum atomic E-state index is 12.2. The number of ether oxygens (including phenoxy) is 1. The van der Waals surface area contributed by atoms with Crippen LogP contribution in [0.4, 0.5) is 5.69 Å². The minimum Gasteiger partial charge on any atom is -0.492 e. The Morgan fingerprint density at radius 3 is 2.29 bits per heavy atom. The molecule has 24 heavy (non-hydrogen) atoms. The predicted octanol–water partition coefficient (Wildman–Crippen LogP) is 3.56. The molecular weight excluding hydrogens is 300 g/mol. The summed E-state index contributed by atoms with van der Waals surface area (Å²) in [7, 11) is 1.92. The number of amides is 1. The third-order valence-electron chi connectivity index (χ3n) is 3.98. The van der Waals surface area contributed by atoms with Gasteiger partial charge in [-0.3, -0.25) is 9.69 Å². The number of likely N-dealkylation sites (N-methyl/N-ethyl adjacent to an activating group) is 1. The molecule has 1 N–H and O–H groups in total. The second-order valence-corrected chi connectivity index (χ2v) is 6.17. The van der Waals surface area contributed by atoms with E-state index in [4.69, 9.17) is 4.74 Å². The predicted molar refractivity (Wildman–Crippen MR) is 98.7 cm³/mol. The molecule has 0 aliphatic heterocycles. The van der Waals surface area contributed by atoms with Gasteiger partial charge in [0.1, 0.15) is 12.4 Å². The van der Waals surface area contributed by atoms with Crippen molar-refractivity contribution in [2.75, 3.05) is 32.1 Å². The van der Waals surface area contributed by atoms with Crippen molar-refractivity contribution in [3.63, 3.8) is 0 Å². The van der Waals surface area contributed by atoms with Gasteiger partial charge < -0.3 is 10.1 Å². The molecule has 0 spiro atoms. The van der Waals surface area contributed by atoms with Crippen LogP contribution in [0.5, 0.6) is 5.75 Å². The summed E-state index contributed by atoms with van der Waals surface area (Å²) in [5.41, 5.74) is 4.18. The van der Waals surface area contributed by atoms with Crippen molar-refractivity contribution in [2.24, 2.45) is 0 Å². The van der Waals surface area contributed by atoms with Gasteiger partial charge in [-0.05, 0) is 50.6 Å². The van der Waals surface area contributed by atoms with E-state index in [0.717, 1.165) is 28.1 Å². The van der Waals surface area contributed by atoms with Crippen LogP contribution < -0.4 is 10.1 Å². The van der Waals surface area contributed by atoms with Crippen molar-refractivity contribution in [1.82, 2.24) is 4.90 Å². The molecule has 2 aromatic rings. The van der Waals surface area contributed by atoms with E-state index in [1.54, 1.807) is 0 Å². The summed E-state index contributed by atoms with van der Waals surface area (Å²) < 4.78 is 5.77. The number of nitrogens with one attached hydrogen (secondary N) is 1. The fraction of sp³-hybridized carbons (Fsp3) is 0.350. The topological polar surface area (TPSA) is 41.6 Å². The molecule has 2 aromatic carbocycles. The van der Waals surface area contributed by atoms with Crippen LogP contribution in [0.1, 0.15) is 16.7 Å². The number of hydrogen-bond acceptors (Lipinski definition) is 3. The summed E-state index contributed by atoms with van der Waals surface area (Å²) >= 11 is 0. The lowest BCUT2D eigenvalue weighted by molar-refractivity contribution is -0.117. The first-order chi connectivity index (χ1) is 11.5. The summed E-state index contributed by atoms with van der Waals surface area (Å²) in [6, 6.07) is 13.9. The van der Waals surface area contributed by atoms with Gasteiger partial charge >= 0.3 is 0 Å². The molecule has 0 aromatic heterocycles. The molecule has 0 unspecified atom stereocenters. The standard InChI is InChI=1S/C20H26N2O2/c1-15-8-5-6-11-18(15)24-13-12-22(4)14-19(23)21-20-16(2)9-7-10-17(20)3/h5-11H,12-14H2,1-4H3,(H,21,23). The lowest BCUT2D eigenvalue weighted by Gasteiger charge is -2.18. The lowest BCUT2D eigenvalue weighted by atomic mass is 10.1. The number of carbonyl (C=O) groups is 1. The van der Waals surface area contributed by atoms with Gasteiger partial charge in [-0.15, -0.1) is 0 Å². The van der Waals surface area contributed by atoms with Gasteiger partial charge in [0.05, 0.1) is 6.54 Å². The summed E-state index contributed by atoms with van der Waals surface area (Å²) in [5.74, 6) is 0.886. The highest BCUT2D eigenvalue weighted by atomic mass is 16.5. The van der Waals surface area contributed by atoms with Gasteiger partial charge in [-0.25, -0.2) is 0 Å². The molecule has 0 saturated heterocycles. The van der Waals surface area contributed by atoms with Crippen molar-refractivity contribution < 1.29 is 9.53 Å². The smallest absolute Gasteiger partial charge is 0.238 e. The van der Waals surface area contributed by atoms with Crippen LogP contribution in [0.25, 0.3) is 0 Å². The minimum atomic E-state index is -0.00853. The molecule has 0 aliphatic carbocycles. The lowest BCUT2D eigenvalue weighted by Crippen LogP contribution is -2.33. The molecule has 0 aliphatic rings. The minimum absolute atomic E-state index is 0.00853. The Bertz CT molecular complexity index is 678. The molecule has 1 amide bonds. The van der Waals surface area contributed by atoms with Crippen molar-refractivity contribution in [3.05, 3.63) is 59.2 Å². The van der Waals surface area contributed by atoms with Crippen molar-refractivity contribution in [3.8, 4) is 5.75 Å². The number of nitrogens with zero attached hydrogens (tertiary/aromatic N) is 1. The number of anilines is 1. The number of aryl methyl sites for hydroxylation is 3. The van der Waals surface area contributed by atoms with E-state index in [2.05, 4.69) is 5.32 Å². The second kappa shape index (κ2) is 8.50. The molecule has 0 bridgehead atoms. The van der Waals surface area contributed by atoms with E-state index >= 15 is 0 Å². The average molecular weight is 326 g/mol. The highest BCUT2D eigenvalue weighted by Crippen LogP contribution is 2.19. The van der Waals surface area contributed by atoms with Crippen molar-refractivity contribution in [2.45, 2.75) is 20.8 Å². The summed E-state index contributed by atoms with van der Waals surface area (Å²) in [4.78, 5) is 14.2. The fourth-order valence-electron chi connectivity index (χ4n) is 2.54. The summed E-state index contributed by atoms with van der Waals surface area (Å²) in [6.45, 7) is 7.61. The van der Waals surface area contributed by atoms with E-state index in [9.17, 15) is 4.79 Å². The van der Waals surface area contributed by atoms with E-state index in [1.165, 1.54) is 0 Å². The van der Waals surface area contributed by atoms with Gasteiger partial charge in [0.25, 0.3) is 0 Å². The quantitative estimate of drug-likeness (QED) is 0.846. The van der Waals surface area contributed by atoms with Crippen LogP contribution in [-0.2, 0) is 4.79 Å². The Balaban J connectivity index is 1.79. The van der Waals surface area contributed by atoms with Crippen molar-refractivity contribution in [1.29, 1.82) is 0 Å². The second-order valence-electron chi connectivity index (χ2n) is 6.17. The largest absolute Gasteiger partial charge is 0.492 e. The van der Waals surface area contributed by atoms with Crippen LogP contribution in [-0.4, -0.2) is 37.6 Å². The highest BCUT2D eigenvalue weighted by Gasteiger charge is 2.10. The number of benzene rings is 2. The molecule has 0 saturated carbocycles. The molecule has 4 heteroatoms. The zero-order valence-corrected chi connectivity index (χ0v) is 14.9. The molecule has 0 fully saturated rings. The number of hydrogen-bond donors (Lipinski definition) is 1. The first-order valence-corrected chi connectivity index (χ1v) is 8.20. The van der Waals surface area contributed by atoms with Gasteiger partial charge in [-0.2, -0.15) is 0 Å². The molecule has 4 nitrogen and oxygen atoms in total. The van der Waals surface area contributed by atoms with E-state index in [-0.39, 0.29) is 5.91 Å². The zero-order valence-electron chi connectivity index (χ0n) is 14.9.